The lowest BCUT2D eigenvalue weighted by atomic mass is 9.33. The first kappa shape index (κ1) is 33.5. The monoisotopic (exact) mass is 637 g/mol. The molecule has 0 heterocycles. The second-order valence-corrected chi connectivity index (χ2v) is 18.0. The molecule has 1 aromatic carbocycles. The molecule has 0 spiro atoms. The molecule has 45 heavy (non-hydrogen) atoms. The molecule has 0 radical (unpaired) electrons. The quantitative estimate of drug-likeness (QED) is 0.231. The molecule has 9 atom stereocenters. The first-order valence-corrected chi connectivity index (χ1v) is 18.5. The van der Waals surface area contributed by atoms with Crippen LogP contribution in [0.25, 0.3) is 0 Å². The van der Waals surface area contributed by atoms with Crippen LogP contribution in [-0.4, -0.2) is 29.8 Å². The first-order chi connectivity index (χ1) is 21.1. The van der Waals surface area contributed by atoms with E-state index < -0.39 is 0 Å². The zero-order valence-corrected chi connectivity index (χ0v) is 30.2. The van der Waals surface area contributed by atoms with E-state index in [0.29, 0.717) is 30.2 Å². The Bertz CT molecular complexity index is 1320. The standard InChI is InChI=1S/C40H60ClNO3/c1-25(2)29-15-20-40(33(44)24-42-23-27-9-11-28(41)12-10-27)22-21-38(7)30(35(29)40)13-14-32-37(6)18-17-34(45-26(3)43)36(4,5)31(37)16-19-39(32,38)8/h9-12,25,30-34,42,44H,13-24H2,1-8H3. The summed E-state index contributed by atoms with van der Waals surface area (Å²) in [7, 11) is 0. The number of rotatable bonds is 7. The van der Waals surface area contributed by atoms with Gasteiger partial charge in [0, 0.05) is 35.9 Å². The van der Waals surface area contributed by atoms with Crippen molar-refractivity contribution in [2.75, 3.05) is 6.54 Å². The van der Waals surface area contributed by atoms with E-state index in [1.165, 1.54) is 37.7 Å². The maximum absolute atomic E-state index is 12.1. The largest absolute Gasteiger partial charge is 0.462 e. The van der Waals surface area contributed by atoms with Gasteiger partial charge in [-0.15, -0.1) is 0 Å². The van der Waals surface area contributed by atoms with E-state index in [-0.39, 0.29) is 45.3 Å². The number of carbonyl (C=O) groups is 1. The van der Waals surface area contributed by atoms with Gasteiger partial charge in [0.05, 0.1) is 6.10 Å². The van der Waals surface area contributed by atoms with E-state index in [4.69, 9.17) is 16.3 Å². The lowest BCUT2D eigenvalue weighted by Gasteiger charge is -2.72. The maximum Gasteiger partial charge on any atom is 0.302 e. The Labute approximate surface area is 278 Å². The van der Waals surface area contributed by atoms with Gasteiger partial charge >= 0.3 is 5.97 Å². The van der Waals surface area contributed by atoms with Gasteiger partial charge in [-0.25, -0.2) is 0 Å². The highest BCUT2D eigenvalue weighted by molar-refractivity contribution is 6.30. The summed E-state index contributed by atoms with van der Waals surface area (Å²) < 4.78 is 5.96. The van der Waals surface area contributed by atoms with Gasteiger partial charge in [0.2, 0.25) is 0 Å². The molecule has 0 saturated heterocycles. The van der Waals surface area contributed by atoms with Gasteiger partial charge in [-0.05, 0) is 122 Å². The maximum atomic E-state index is 12.1. The van der Waals surface area contributed by atoms with Gasteiger partial charge in [-0.1, -0.05) is 83.3 Å². The topological polar surface area (TPSA) is 58.6 Å². The Balaban J connectivity index is 1.28. The second kappa shape index (κ2) is 11.7. The number of hydrogen-bond donors (Lipinski definition) is 2. The molecule has 4 saturated carbocycles. The van der Waals surface area contributed by atoms with E-state index in [9.17, 15) is 9.90 Å². The molecule has 6 rings (SSSR count). The van der Waals surface area contributed by atoms with Gasteiger partial charge in [-0.3, -0.25) is 4.79 Å². The van der Waals surface area contributed by atoms with Gasteiger partial charge in [0.1, 0.15) is 6.10 Å². The fourth-order valence-corrected chi connectivity index (χ4v) is 12.9. The van der Waals surface area contributed by atoms with Crippen LogP contribution in [0.5, 0.6) is 0 Å². The van der Waals surface area contributed by atoms with Crippen molar-refractivity contribution in [3.8, 4) is 0 Å². The van der Waals surface area contributed by atoms with Crippen molar-refractivity contribution >= 4 is 17.6 Å². The average molecular weight is 638 g/mol. The van der Waals surface area contributed by atoms with Crippen molar-refractivity contribution in [3.05, 3.63) is 46.0 Å². The Hall–Kier alpha value is -1.36. The molecule has 0 aliphatic heterocycles. The summed E-state index contributed by atoms with van der Waals surface area (Å²) in [5.41, 5.74) is 5.16. The molecule has 5 aliphatic carbocycles. The lowest BCUT2D eigenvalue weighted by Crippen LogP contribution is -2.66. The van der Waals surface area contributed by atoms with Crippen molar-refractivity contribution in [2.24, 2.45) is 50.7 Å². The molecule has 0 bridgehead atoms. The van der Waals surface area contributed by atoms with Gasteiger partial charge in [0.15, 0.2) is 0 Å². The van der Waals surface area contributed by atoms with Crippen LogP contribution in [0.3, 0.4) is 0 Å². The summed E-state index contributed by atoms with van der Waals surface area (Å²) in [5, 5.41) is 16.5. The van der Waals surface area contributed by atoms with Crippen molar-refractivity contribution in [3.63, 3.8) is 0 Å². The zero-order chi connectivity index (χ0) is 32.6. The fourth-order valence-electron chi connectivity index (χ4n) is 12.8. The van der Waals surface area contributed by atoms with E-state index in [1.54, 1.807) is 18.1 Å². The third-order valence-electron chi connectivity index (χ3n) is 15.2. The second-order valence-electron chi connectivity index (χ2n) is 17.6. The predicted octanol–water partition coefficient (Wildman–Crippen LogP) is 9.52. The van der Waals surface area contributed by atoms with Crippen LogP contribution in [-0.2, 0) is 16.1 Å². The van der Waals surface area contributed by atoms with Crippen LogP contribution < -0.4 is 5.32 Å². The van der Waals surface area contributed by atoms with E-state index in [2.05, 4.69) is 65.9 Å². The number of allylic oxidation sites excluding steroid dienone is 1. The summed E-state index contributed by atoms with van der Waals surface area (Å²) in [6.07, 6.45) is 11.3. The van der Waals surface area contributed by atoms with Gasteiger partial charge < -0.3 is 15.2 Å². The number of hydrogen-bond acceptors (Lipinski definition) is 4. The third kappa shape index (κ3) is 5.09. The molecule has 5 heteroatoms. The number of nitrogens with one attached hydrogen (secondary N) is 1. The zero-order valence-electron chi connectivity index (χ0n) is 29.4. The van der Waals surface area contributed by atoms with Crippen molar-refractivity contribution in [2.45, 2.75) is 138 Å². The highest BCUT2D eigenvalue weighted by atomic mass is 35.5. The Morgan fingerprint density at radius 1 is 0.933 bits per heavy atom. The van der Waals surface area contributed by atoms with E-state index in [0.717, 1.165) is 43.7 Å². The molecule has 4 nitrogen and oxygen atoms in total. The summed E-state index contributed by atoms with van der Waals surface area (Å²) in [4.78, 5) is 12.0. The summed E-state index contributed by atoms with van der Waals surface area (Å²) >= 11 is 6.11. The van der Waals surface area contributed by atoms with Crippen LogP contribution >= 0.6 is 11.6 Å². The molecular weight excluding hydrogens is 578 g/mol. The normalized spacial score (nSPS) is 41.1. The number of aliphatic hydroxyl groups excluding tert-OH is 1. The SMILES string of the molecule is CC(=O)OC1CCC2(C)C(CCC3(C)C2CCC2C4=C(C(C)C)CCC4(C(O)CNCc4ccc(Cl)cc4)CCC23C)C1(C)C. The summed E-state index contributed by atoms with van der Waals surface area (Å²) in [5.74, 6) is 2.17. The van der Waals surface area contributed by atoms with Crippen molar-refractivity contribution in [1.29, 1.82) is 0 Å². The number of ether oxygens (including phenoxy) is 1. The first-order valence-electron chi connectivity index (χ1n) is 18.1. The molecular formula is C40H60ClNO3. The molecule has 0 aromatic heterocycles. The number of aliphatic hydroxyl groups is 1. The summed E-state index contributed by atoms with van der Waals surface area (Å²) in [6.45, 7) is 20.4. The van der Waals surface area contributed by atoms with Crippen molar-refractivity contribution < 1.29 is 14.6 Å². The Kier molecular flexibility index (Phi) is 8.69. The molecule has 250 valence electrons. The molecule has 1 aromatic rings. The molecule has 5 aliphatic rings. The number of halogens is 1. The van der Waals surface area contributed by atoms with Gasteiger partial charge in [0.25, 0.3) is 0 Å². The average Bonchev–Trinajstić information content (AvgIpc) is 3.37. The van der Waals surface area contributed by atoms with Gasteiger partial charge in [-0.2, -0.15) is 0 Å². The van der Waals surface area contributed by atoms with Crippen LogP contribution in [0.1, 0.15) is 125 Å². The molecule has 2 N–H and O–H groups in total. The molecule has 9 unspecified atom stereocenters. The number of carbonyl (C=O) groups excluding carboxylic acids is 1. The van der Waals surface area contributed by atoms with E-state index in [1.807, 2.05) is 12.1 Å². The van der Waals surface area contributed by atoms with E-state index >= 15 is 0 Å². The van der Waals surface area contributed by atoms with Crippen LogP contribution in [0, 0.1) is 50.7 Å². The summed E-state index contributed by atoms with van der Waals surface area (Å²) in [6, 6.07) is 8.03. The minimum atomic E-state index is -0.378. The van der Waals surface area contributed by atoms with Crippen LogP contribution in [0.15, 0.2) is 35.4 Å². The number of esters is 1. The Morgan fingerprint density at radius 2 is 1.64 bits per heavy atom. The van der Waals surface area contributed by atoms with Crippen LogP contribution in [0.4, 0.5) is 0 Å². The third-order valence-corrected chi connectivity index (χ3v) is 15.4. The lowest BCUT2D eigenvalue weighted by molar-refractivity contribution is -0.234. The number of benzene rings is 1. The fraction of sp³-hybridized carbons (Fsp3) is 0.775. The highest BCUT2D eigenvalue weighted by Crippen LogP contribution is 2.77. The number of fused-ring (bicyclic) bond motifs is 7. The highest BCUT2D eigenvalue weighted by Gasteiger charge is 2.70. The Morgan fingerprint density at radius 3 is 2.31 bits per heavy atom. The minimum absolute atomic E-state index is 0.0125. The molecule has 0 amide bonds. The van der Waals surface area contributed by atoms with Crippen molar-refractivity contribution in [1.82, 2.24) is 5.32 Å². The predicted molar refractivity (Wildman–Crippen MR) is 184 cm³/mol. The van der Waals surface area contributed by atoms with Crippen LogP contribution in [0.2, 0.25) is 5.02 Å². The minimum Gasteiger partial charge on any atom is -0.462 e. The smallest absolute Gasteiger partial charge is 0.302 e. The molecule has 4 fully saturated rings.